The summed E-state index contributed by atoms with van der Waals surface area (Å²) in [6.45, 7) is 1.53. The fourth-order valence-corrected chi connectivity index (χ4v) is 1.59. The Labute approximate surface area is 117 Å². The zero-order valence-corrected chi connectivity index (χ0v) is 10.7. The van der Waals surface area contributed by atoms with Gasteiger partial charge >= 0.3 is 6.18 Å². The second-order valence-corrected chi connectivity index (χ2v) is 4.17. The van der Waals surface area contributed by atoms with Crippen molar-refractivity contribution in [3.05, 3.63) is 53.0 Å². The molecule has 2 rings (SSSR count). The van der Waals surface area contributed by atoms with Crippen molar-refractivity contribution in [1.29, 1.82) is 5.26 Å². The summed E-state index contributed by atoms with van der Waals surface area (Å²) < 4.78 is 56.1. The van der Waals surface area contributed by atoms with Gasteiger partial charge in [-0.05, 0) is 42.8 Å². The van der Waals surface area contributed by atoms with Crippen LogP contribution >= 0.6 is 0 Å². The minimum atomic E-state index is -4.65. The van der Waals surface area contributed by atoms with Crippen molar-refractivity contribution in [3.8, 4) is 17.7 Å². The maximum Gasteiger partial charge on any atom is 0.433 e. The molecule has 0 bridgehead atoms. The van der Waals surface area contributed by atoms with E-state index < -0.39 is 23.6 Å². The van der Waals surface area contributed by atoms with Crippen LogP contribution in [0, 0.1) is 24.1 Å². The Balaban J connectivity index is 2.45. The standard InChI is InChI=1S/C14H8F4N2O/c1-8-6-10(15)3-4-11(8)21-13-9(7-19)2-5-12(20-13)14(16,17)18/h2-6H,1H3. The van der Waals surface area contributed by atoms with E-state index in [9.17, 15) is 17.6 Å². The normalized spacial score (nSPS) is 11.0. The molecular formula is C14H8F4N2O. The van der Waals surface area contributed by atoms with Crippen LogP contribution in [0.15, 0.2) is 30.3 Å². The van der Waals surface area contributed by atoms with Gasteiger partial charge in [0.15, 0.2) is 0 Å². The van der Waals surface area contributed by atoms with Crippen molar-refractivity contribution in [2.75, 3.05) is 0 Å². The maximum atomic E-state index is 13.0. The number of aryl methyl sites for hydroxylation is 1. The average Bonchev–Trinajstić information content (AvgIpc) is 2.41. The van der Waals surface area contributed by atoms with E-state index in [1.165, 1.54) is 13.0 Å². The van der Waals surface area contributed by atoms with E-state index in [4.69, 9.17) is 10.00 Å². The molecule has 1 heterocycles. The second kappa shape index (κ2) is 5.40. The maximum absolute atomic E-state index is 13.0. The Kier molecular flexibility index (Phi) is 3.80. The lowest BCUT2D eigenvalue weighted by Crippen LogP contribution is -2.09. The summed E-state index contributed by atoms with van der Waals surface area (Å²) in [4.78, 5) is 3.31. The van der Waals surface area contributed by atoms with Gasteiger partial charge in [0, 0.05) is 0 Å². The first-order chi connectivity index (χ1) is 9.81. The molecule has 0 aliphatic heterocycles. The van der Waals surface area contributed by atoms with Crippen LogP contribution < -0.4 is 4.74 Å². The lowest BCUT2D eigenvalue weighted by molar-refractivity contribution is -0.141. The summed E-state index contributed by atoms with van der Waals surface area (Å²) in [6.07, 6.45) is -4.65. The highest BCUT2D eigenvalue weighted by atomic mass is 19.4. The number of hydrogen-bond acceptors (Lipinski definition) is 3. The second-order valence-electron chi connectivity index (χ2n) is 4.17. The average molecular weight is 296 g/mol. The molecule has 2 aromatic rings. The number of halogens is 4. The van der Waals surface area contributed by atoms with Crippen molar-refractivity contribution >= 4 is 0 Å². The Hall–Kier alpha value is -2.62. The van der Waals surface area contributed by atoms with Crippen LogP contribution in [-0.2, 0) is 6.18 Å². The molecule has 3 nitrogen and oxygen atoms in total. The van der Waals surface area contributed by atoms with Crippen LogP contribution in [0.1, 0.15) is 16.8 Å². The van der Waals surface area contributed by atoms with Gasteiger partial charge < -0.3 is 4.74 Å². The van der Waals surface area contributed by atoms with E-state index in [-0.39, 0.29) is 11.3 Å². The fourth-order valence-electron chi connectivity index (χ4n) is 1.59. The summed E-state index contributed by atoms with van der Waals surface area (Å²) in [6, 6.07) is 6.89. The van der Waals surface area contributed by atoms with Crippen LogP contribution in [0.2, 0.25) is 0 Å². The molecule has 0 atom stereocenters. The lowest BCUT2D eigenvalue weighted by Gasteiger charge is -2.11. The molecule has 7 heteroatoms. The summed E-state index contributed by atoms with van der Waals surface area (Å²) in [7, 11) is 0. The zero-order valence-electron chi connectivity index (χ0n) is 10.7. The smallest absolute Gasteiger partial charge is 0.433 e. The molecule has 0 spiro atoms. The van der Waals surface area contributed by atoms with Gasteiger partial charge in [0.1, 0.15) is 28.9 Å². The number of benzene rings is 1. The largest absolute Gasteiger partial charge is 0.437 e. The Morgan fingerprint density at radius 3 is 2.48 bits per heavy atom. The predicted molar refractivity (Wildman–Crippen MR) is 65.2 cm³/mol. The van der Waals surface area contributed by atoms with Crippen LogP contribution in [-0.4, -0.2) is 4.98 Å². The molecule has 0 aliphatic rings. The topological polar surface area (TPSA) is 45.9 Å². The molecule has 108 valence electrons. The van der Waals surface area contributed by atoms with Crippen LogP contribution in [0.25, 0.3) is 0 Å². The molecule has 0 saturated carbocycles. The van der Waals surface area contributed by atoms with Gasteiger partial charge in [0.2, 0.25) is 5.88 Å². The summed E-state index contributed by atoms with van der Waals surface area (Å²) in [5.41, 5.74) is -0.943. The molecule has 0 aliphatic carbocycles. The van der Waals surface area contributed by atoms with Gasteiger partial charge in [-0.1, -0.05) is 0 Å². The van der Waals surface area contributed by atoms with Crippen LogP contribution in [0.4, 0.5) is 17.6 Å². The van der Waals surface area contributed by atoms with Crippen LogP contribution in [0.3, 0.4) is 0 Å². The molecule has 21 heavy (non-hydrogen) atoms. The number of hydrogen-bond donors (Lipinski definition) is 0. The highest BCUT2D eigenvalue weighted by molar-refractivity contribution is 5.43. The van der Waals surface area contributed by atoms with Crippen LogP contribution in [0.5, 0.6) is 11.6 Å². The molecule has 0 unspecified atom stereocenters. The van der Waals surface area contributed by atoms with E-state index in [0.29, 0.717) is 11.6 Å². The molecular weight excluding hydrogens is 288 g/mol. The van der Waals surface area contributed by atoms with E-state index in [0.717, 1.165) is 18.2 Å². The molecule has 0 saturated heterocycles. The van der Waals surface area contributed by atoms with E-state index in [2.05, 4.69) is 4.98 Å². The van der Waals surface area contributed by atoms with Gasteiger partial charge in [-0.25, -0.2) is 9.37 Å². The Morgan fingerprint density at radius 1 is 1.19 bits per heavy atom. The molecule has 0 amide bonds. The molecule has 1 aromatic heterocycles. The third-order valence-electron chi connectivity index (χ3n) is 2.61. The van der Waals surface area contributed by atoms with Crippen molar-refractivity contribution in [2.24, 2.45) is 0 Å². The molecule has 1 aromatic carbocycles. The van der Waals surface area contributed by atoms with Gasteiger partial charge in [0.05, 0.1) is 0 Å². The number of nitrogens with zero attached hydrogens (tertiary/aromatic N) is 2. The lowest BCUT2D eigenvalue weighted by atomic mass is 10.2. The van der Waals surface area contributed by atoms with E-state index >= 15 is 0 Å². The summed E-state index contributed by atoms with van der Waals surface area (Å²) in [5.74, 6) is -0.848. The monoisotopic (exact) mass is 296 g/mol. The summed E-state index contributed by atoms with van der Waals surface area (Å²) >= 11 is 0. The number of pyridine rings is 1. The number of ether oxygens (including phenoxy) is 1. The quantitative estimate of drug-likeness (QED) is 0.780. The van der Waals surface area contributed by atoms with Crippen molar-refractivity contribution < 1.29 is 22.3 Å². The van der Waals surface area contributed by atoms with Crippen molar-refractivity contribution in [3.63, 3.8) is 0 Å². The van der Waals surface area contributed by atoms with Crippen molar-refractivity contribution in [1.82, 2.24) is 4.98 Å². The highest BCUT2D eigenvalue weighted by Gasteiger charge is 2.33. The third-order valence-corrected chi connectivity index (χ3v) is 2.61. The number of nitriles is 1. The van der Waals surface area contributed by atoms with Gasteiger partial charge in [0.25, 0.3) is 0 Å². The third kappa shape index (κ3) is 3.28. The number of rotatable bonds is 2. The minimum absolute atomic E-state index is 0.125. The molecule has 0 N–H and O–H groups in total. The first-order valence-electron chi connectivity index (χ1n) is 5.73. The Bertz CT molecular complexity index is 720. The first kappa shape index (κ1) is 14.8. The Morgan fingerprint density at radius 2 is 1.90 bits per heavy atom. The molecule has 0 radical (unpaired) electrons. The van der Waals surface area contributed by atoms with E-state index in [1.54, 1.807) is 6.07 Å². The highest BCUT2D eigenvalue weighted by Crippen LogP contribution is 2.32. The first-order valence-corrected chi connectivity index (χ1v) is 5.73. The zero-order chi connectivity index (χ0) is 15.6. The minimum Gasteiger partial charge on any atom is -0.437 e. The summed E-state index contributed by atoms with van der Waals surface area (Å²) in [5, 5.41) is 8.89. The predicted octanol–water partition coefficient (Wildman–Crippen LogP) is 4.21. The van der Waals surface area contributed by atoms with Gasteiger partial charge in [-0.3, -0.25) is 0 Å². The van der Waals surface area contributed by atoms with E-state index in [1.807, 2.05) is 0 Å². The van der Waals surface area contributed by atoms with Gasteiger partial charge in [-0.15, -0.1) is 0 Å². The SMILES string of the molecule is Cc1cc(F)ccc1Oc1nc(C(F)(F)F)ccc1C#N. The van der Waals surface area contributed by atoms with Crippen molar-refractivity contribution in [2.45, 2.75) is 13.1 Å². The number of aromatic nitrogens is 1. The number of alkyl halides is 3. The fraction of sp³-hybridized carbons (Fsp3) is 0.143. The van der Waals surface area contributed by atoms with Gasteiger partial charge in [-0.2, -0.15) is 18.4 Å². The molecule has 0 fully saturated rings.